The van der Waals surface area contributed by atoms with Crippen molar-refractivity contribution in [3.8, 4) is 5.88 Å². The van der Waals surface area contributed by atoms with Gasteiger partial charge in [0.2, 0.25) is 5.88 Å². The first-order valence-electron chi connectivity index (χ1n) is 7.48. The molecule has 6 heteroatoms. The van der Waals surface area contributed by atoms with Crippen LogP contribution in [-0.4, -0.2) is 30.2 Å². The zero-order valence-corrected chi connectivity index (χ0v) is 13.3. The molecule has 5 nitrogen and oxygen atoms in total. The van der Waals surface area contributed by atoms with Crippen LogP contribution in [0.15, 0.2) is 42.6 Å². The minimum atomic E-state index is -0.225. The van der Waals surface area contributed by atoms with Gasteiger partial charge in [0.1, 0.15) is 6.10 Å². The molecule has 1 aromatic heterocycles. The quantitative estimate of drug-likeness (QED) is 0.930. The molecule has 1 aliphatic heterocycles. The van der Waals surface area contributed by atoms with Gasteiger partial charge in [0.15, 0.2) is 0 Å². The first-order valence-corrected chi connectivity index (χ1v) is 7.86. The molecular weight excluding hydrogens is 316 g/mol. The van der Waals surface area contributed by atoms with Gasteiger partial charge in [-0.15, -0.1) is 0 Å². The van der Waals surface area contributed by atoms with Crippen LogP contribution < -0.4 is 10.1 Å². The maximum absolute atomic E-state index is 12.2. The van der Waals surface area contributed by atoms with Crippen molar-refractivity contribution in [2.45, 2.75) is 18.9 Å². The Labute approximate surface area is 139 Å². The molecule has 0 bridgehead atoms. The van der Waals surface area contributed by atoms with Crippen LogP contribution in [0.25, 0.3) is 0 Å². The summed E-state index contributed by atoms with van der Waals surface area (Å²) in [5.41, 5.74) is 1.15. The van der Waals surface area contributed by atoms with Crippen molar-refractivity contribution in [3.63, 3.8) is 0 Å². The Morgan fingerprint density at radius 1 is 1.17 bits per heavy atom. The lowest BCUT2D eigenvalue weighted by molar-refractivity contribution is 0.0237. The molecule has 0 radical (unpaired) electrons. The number of hydrogen-bond donors (Lipinski definition) is 1. The van der Waals surface area contributed by atoms with Crippen LogP contribution in [0.5, 0.6) is 5.88 Å². The smallest absolute Gasteiger partial charge is 0.257 e. The van der Waals surface area contributed by atoms with Crippen LogP contribution in [0.4, 0.5) is 5.69 Å². The fourth-order valence-corrected chi connectivity index (χ4v) is 2.41. The van der Waals surface area contributed by atoms with Crippen LogP contribution >= 0.6 is 11.6 Å². The Hall–Kier alpha value is -2.11. The van der Waals surface area contributed by atoms with E-state index in [1.165, 1.54) is 6.20 Å². The van der Waals surface area contributed by atoms with Crippen molar-refractivity contribution in [1.29, 1.82) is 0 Å². The van der Waals surface area contributed by atoms with E-state index in [2.05, 4.69) is 10.3 Å². The number of hydrogen-bond acceptors (Lipinski definition) is 4. The monoisotopic (exact) mass is 332 g/mol. The van der Waals surface area contributed by atoms with E-state index in [1.54, 1.807) is 36.4 Å². The number of ether oxygens (including phenoxy) is 2. The number of pyridine rings is 1. The molecule has 1 N–H and O–H groups in total. The van der Waals surface area contributed by atoms with E-state index >= 15 is 0 Å². The third kappa shape index (κ3) is 4.43. The average molecular weight is 333 g/mol. The summed E-state index contributed by atoms with van der Waals surface area (Å²) in [4.78, 5) is 16.4. The molecule has 1 fully saturated rings. The van der Waals surface area contributed by atoms with Crippen LogP contribution in [0.3, 0.4) is 0 Å². The van der Waals surface area contributed by atoms with Crippen molar-refractivity contribution in [2.75, 3.05) is 18.5 Å². The number of rotatable bonds is 4. The number of carbonyl (C=O) groups is 1. The number of amides is 1. The Morgan fingerprint density at radius 3 is 2.57 bits per heavy atom. The Bertz CT molecular complexity index is 653. The number of benzene rings is 1. The third-order valence-corrected chi connectivity index (χ3v) is 3.81. The van der Waals surface area contributed by atoms with E-state index in [9.17, 15) is 4.79 Å². The predicted octanol–water partition coefficient (Wildman–Crippen LogP) is 3.55. The number of nitrogens with zero attached hydrogens (tertiary/aromatic N) is 1. The molecule has 2 aromatic rings. The van der Waals surface area contributed by atoms with Gasteiger partial charge >= 0.3 is 0 Å². The summed E-state index contributed by atoms with van der Waals surface area (Å²) in [5, 5.41) is 3.42. The molecule has 1 aliphatic rings. The van der Waals surface area contributed by atoms with Crippen LogP contribution in [0.2, 0.25) is 5.02 Å². The summed E-state index contributed by atoms with van der Waals surface area (Å²) < 4.78 is 11.1. The molecular formula is C17H17ClN2O3. The van der Waals surface area contributed by atoms with E-state index in [4.69, 9.17) is 21.1 Å². The van der Waals surface area contributed by atoms with Gasteiger partial charge < -0.3 is 14.8 Å². The number of nitrogens with one attached hydrogen (secondary N) is 1. The van der Waals surface area contributed by atoms with Gasteiger partial charge in [-0.1, -0.05) is 11.6 Å². The Balaban J connectivity index is 1.59. The highest BCUT2D eigenvalue weighted by Gasteiger charge is 2.16. The Kier molecular flexibility index (Phi) is 5.10. The van der Waals surface area contributed by atoms with E-state index < -0.39 is 0 Å². The largest absolute Gasteiger partial charge is 0.474 e. The van der Waals surface area contributed by atoms with Gasteiger partial charge in [-0.05, 0) is 30.3 Å². The van der Waals surface area contributed by atoms with Crippen molar-refractivity contribution >= 4 is 23.2 Å². The molecule has 23 heavy (non-hydrogen) atoms. The molecule has 0 spiro atoms. The summed E-state index contributed by atoms with van der Waals surface area (Å²) in [6.45, 7) is 1.43. The van der Waals surface area contributed by atoms with Crippen molar-refractivity contribution in [3.05, 3.63) is 53.2 Å². The minimum absolute atomic E-state index is 0.130. The highest BCUT2D eigenvalue weighted by molar-refractivity contribution is 6.30. The van der Waals surface area contributed by atoms with Gasteiger partial charge in [0.05, 0.1) is 18.8 Å². The second kappa shape index (κ2) is 7.44. The molecule has 1 aromatic carbocycles. The molecule has 0 saturated carbocycles. The zero-order chi connectivity index (χ0) is 16.1. The number of aromatic nitrogens is 1. The van der Waals surface area contributed by atoms with E-state index in [1.807, 2.05) is 0 Å². The first-order chi connectivity index (χ1) is 11.2. The molecule has 1 amide bonds. The summed E-state index contributed by atoms with van der Waals surface area (Å²) in [6.07, 6.45) is 3.37. The summed E-state index contributed by atoms with van der Waals surface area (Å²) in [6, 6.07) is 10.4. The van der Waals surface area contributed by atoms with Crippen molar-refractivity contribution in [1.82, 2.24) is 4.98 Å². The van der Waals surface area contributed by atoms with Crippen LogP contribution in [-0.2, 0) is 4.74 Å². The van der Waals surface area contributed by atoms with Gasteiger partial charge in [-0.2, -0.15) is 0 Å². The molecule has 0 atom stereocenters. The van der Waals surface area contributed by atoms with Crippen LogP contribution in [0.1, 0.15) is 23.2 Å². The van der Waals surface area contributed by atoms with E-state index in [0.717, 1.165) is 12.8 Å². The van der Waals surface area contributed by atoms with Crippen LogP contribution in [0, 0.1) is 0 Å². The predicted molar refractivity (Wildman–Crippen MR) is 88.1 cm³/mol. The number of halogens is 1. The molecule has 2 heterocycles. The lowest BCUT2D eigenvalue weighted by Gasteiger charge is -2.22. The molecule has 3 rings (SSSR count). The fourth-order valence-electron chi connectivity index (χ4n) is 2.29. The summed E-state index contributed by atoms with van der Waals surface area (Å²) in [7, 11) is 0. The summed E-state index contributed by atoms with van der Waals surface area (Å²) in [5.74, 6) is 0.303. The number of carbonyl (C=O) groups excluding carboxylic acids is 1. The second-order valence-corrected chi connectivity index (χ2v) is 5.71. The number of anilines is 1. The molecule has 0 unspecified atom stereocenters. The van der Waals surface area contributed by atoms with E-state index in [-0.39, 0.29) is 12.0 Å². The standard InChI is InChI=1S/C17H17ClN2O3/c18-13-2-4-14(5-3-13)20-17(21)12-1-6-16(19-11-12)23-15-7-9-22-10-8-15/h1-6,11,15H,7-10H2,(H,20,21). The fraction of sp³-hybridized carbons (Fsp3) is 0.294. The second-order valence-electron chi connectivity index (χ2n) is 5.28. The highest BCUT2D eigenvalue weighted by atomic mass is 35.5. The van der Waals surface area contributed by atoms with E-state index in [0.29, 0.717) is 35.4 Å². The average Bonchev–Trinajstić information content (AvgIpc) is 2.58. The highest BCUT2D eigenvalue weighted by Crippen LogP contribution is 2.17. The van der Waals surface area contributed by atoms with Gasteiger partial charge in [0.25, 0.3) is 5.91 Å². The topological polar surface area (TPSA) is 60.5 Å². The maximum Gasteiger partial charge on any atom is 0.257 e. The molecule has 120 valence electrons. The summed E-state index contributed by atoms with van der Waals surface area (Å²) >= 11 is 5.82. The maximum atomic E-state index is 12.2. The van der Waals surface area contributed by atoms with Crippen molar-refractivity contribution in [2.24, 2.45) is 0 Å². The lowest BCUT2D eigenvalue weighted by Crippen LogP contribution is -2.26. The van der Waals surface area contributed by atoms with Gasteiger partial charge in [-0.3, -0.25) is 4.79 Å². The third-order valence-electron chi connectivity index (χ3n) is 3.56. The normalized spacial score (nSPS) is 15.2. The molecule has 1 saturated heterocycles. The van der Waals surface area contributed by atoms with Gasteiger partial charge in [-0.25, -0.2) is 4.98 Å². The van der Waals surface area contributed by atoms with Gasteiger partial charge in [0, 0.05) is 35.8 Å². The van der Waals surface area contributed by atoms with Crippen molar-refractivity contribution < 1.29 is 14.3 Å². The minimum Gasteiger partial charge on any atom is -0.474 e. The lowest BCUT2D eigenvalue weighted by atomic mass is 10.1. The zero-order valence-electron chi connectivity index (χ0n) is 12.5. The first kappa shape index (κ1) is 15.8. The molecule has 0 aliphatic carbocycles. The Morgan fingerprint density at radius 2 is 1.91 bits per heavy atom. The SMILES string of the molecule is O=C(Nc1ccc(Cl)cc1)c1ccc(OC2CCOCC2)nc1.